The standard InChI is InChI=1S/C18H17BrClN3O4/c1-10(2)16(18(25)21-12-5-3-4-11(19)8-12)22-17(24)14-7-6-13(23(26)27)9-15(14)20/h3-10,16H,1-2H3,(H,21,25)(H,22,24). The van der Waals surface area contributed by atoms with Crippen molar-refractivity contribution in [3.63, 3.8) is 0 Å². The van der Waals surface area contributed by atoms with Gasteiger partial charge in [-0.05, 0) is 30.2 Å². The Hall–Kier alpha value is -2.45. The summed E-state index contributed by atoms with van der Waals surface area (Å²) < 4.78 is 0.808. The molecule has 2 amide bonds. The van der Waals surface area contributed by atoms with E-state index in [4.69, 9.17) is 11.6 Å². The zero-order chi connectivity index (χ0) is 20.1. The van der Waals surface area contributed by atoms with Crippen LogP contribution in [0.3, 0.4) is 0 Å². The number of nitro groups is 1. The normalized spacial score (nSPS) is 11.7. The number of rotatable bonds is 6. The fourth-order valence-corrected chi connectivity index (χ4v) is 3.00. The molecular weight excluding hydrogens is 438 g/mol. The van der Waals surface area contributed by atoms with Gasteiger partial charge in [0.05, 0.1) is 15.5 Å². The van der Waals surface area contributed by atoms with Gasteiger partial charge in [-0.25, -0.2) is 0 Å². The summed E-state index contributed by atoms with van der Waals surface area (Å²) in [5, 5.41) is 16.1. The fraction of sp³-hybridized carbons (Fsp3) is 0.222. The monoisotopic (exact) mass is 453 g/mol. The predicted octanol–water partition coefficient (Wildman–Crippen LogP) is 4.40. The van der Waals surface area contributed by atoms with Gasteiger partial charge in [0.2, 0.25) is 5.91 Å². The van der Waals surface area contributed by atoms with E-state index in [1.807, 2.05) is 6.07 Å². The molecule has 1 atom stereocenters. The number of nitrogens with zero attached hydrogens (tertiary/aromatic N) is 1. The van der Waals surface area contributed by atoms with E-state index in [0.29, 0.717) is 5.69 Å². The number of carbonyl (C=O) groups is 2. The Bertz CT molecular complexity index is 889. The average molecular weight is 455 g/mol. The number of carbonyl (C=O) groups excluding carboxylic acids is 2. The maximum Gasteiger partial charge on any atom is 0.270 e. The maximum atomic E-state index is 12.6. The third kappa shape index (κ3) is 5.51. The summed E-state index contributed by atoms with van der Waals surface area (Å²) in [6, 6.07) is 9.81. The second-order valence-electron chi connectivity index (χ2n) is 6.12. The van der Waals surface area contributed by atoms with Crippen LogP contribution in [0.4, 0.5) is 11.4 Å². The molecule has 1 unspecified atom stereocenters. The van der Waals surface area contributed by atoms with Crippen LogP contribution in [0.2, 0.25) is 5.02 Å². The zero-order valence-electron chi connectivity index (χ0n) is 14.5. The molecule has 142 valence electrons. The lowest BCUT2D eigenvalue weighted by Crippen LogP contribution is -2.47. The number of nitrogens with one attached hydrogen (secondary N) is 2. The van der Waals surface area contributed by atoms with E-state index in [9.17, 15) is 19.7 Å². The quantitative estimate of drug-likeness (QED) is 0.499. The molecule has 0 heterocycles. The van der Waals surface area contributed by atoms with Crippen molar-refractivity contribution < 1.29 is 14.5 Å². The first-order valence-electron chi connectivity index (χ1n) is 8.00. The van der Waals surface area contributed by atoms with Crippen LogP contribution in [0.5, 0.6) is 0 Å². The molecule has 2 N–H and O–H groups in total. The van der Waals surface area contributed by atoms with Crippen molar-refractivity contribution in [3.05, 3.63) is 67.6 Å². The minimum atomic E-state index is -0.817. The summed E-state index contributed by atoms with van der Waals surface area (Å²) in [6.07, 6.45) is 0. The Morgan fingerprint density at radius 3 is 2.44 bits per heavy atom. The van der Waals surface area contributed by atoms with E-state index in [1.165, 1.54) is 12.1 Å². The van der Waals surface area contributed by atoms with Gasteiger partial charge in [0, 0.05) is 22.3 Å². The number of hydrogen-bond donors (Lipinski definition) is 2. The smallest absolute Gasteiger partial charge is 0.270 e. The van der Waals surface area contributed by atoms with Crippen LogP contribution < -0.4 is 10.6 Å². The predicted molar refractivity (Wildman–Crippen MR) is 107 cm³/mol. The third-order valence-electron chi connectivity index (χ3n) is 3.74. The van der Waals surface area contributed by atoms with Crippen molar-refractivity contribution in [2.24, 2.45) is 5.92 Å². The zero-order valence-corrected chi connectivity index (χ0v) is 16.9. The van der Waals surface area contributed by atoms with Crippen LogP contribution in [0.15, 0.2) is 46.9 Å². The van der Waals surface area contributed by atoms with Crippen molar-refractivity contribution in [3.8, 4) is 0 Å². The summed E-state index contributed by atoms with van der Waals surface area (Å²) in [5.41, 5.74) is 0.426. The van der Waals surface area contributed by atoms with Gasteiger partial charge in [-0.3, -0.25) is 19.7 Å². The molecule has 0 fully saturated rings. The van der Waals surface area contributed by atoms with Gasteiger partial charge in [0.15, 0.2) is 0 Å². The highest BCUT2D eigenvalue weighted by atomic mass is 79.9. The highest BCUT2D eigenvalue weighted by Gasteiger charge is 2.26. The number of halogens is 2. The molecule has 0 aliphatic carbocycles. The van der Waals surface area contributed by atoms with Gasteiger partial charge in [-0.1, -0.05) is 47.4 Å². The van der Waals surface area contributed by atoms with Crippen LogP contribution in [0.25, 0.3) is 0 Å². The molecule has 2 rings (SSSR count). The molecule has 2 aromatic rings. The lowest BCUT2D eigenvalue weighted by molar-refractivity contribution is -0.384. The molecule has 0 radical (unpaired) electrons. The highest BCUT2D eigenvalue weighted by Crippen LogP contribution is 2.23. The molecule has 0 saturated carbocycles. The van der Waals surface area contributed by atoms with E-state index in [-0.39, 0.29) is 28.1 Å². The fourth-order valence-electron chi connectivity index (χ4n) is 2.34. The first-order valence-corrected chi connectivity index (χ1v) is 9.17. The Labute approximate surface area is 169 Å². The molecule has 0 aliphatic heterocycles. The molecular formula is C18H17BrClN3O4. The Kier molecular flexibility index (Phi) is 6.92. The lowest BCUT2D eigenvalue weighted by Gasteiger charge is -2.22. The summed E-state index contributed by atoms with van der Waals surface area (Å²) in [6.45, 7) is 3.59. The van der Waals surface area contributed by atoms with Crippen LogP contribution in [-0.2, 0) is 4.79 Å². The SMILES string of the molecule is CC(C)C(NC(=O)c1ccc([N+](=O)[O-])cc1Cl)C(=O)Nc1cccc(Br)c1. The number of amides is 2. The van der Waals surface area contributed by atoms with Crippen molar-refractivity contribution in [2.75, 3.05) is 5.32 Å². The lowest BCUT2D eigenvalue weighted by atomic mass is 10.0. The molecule has 2 aromatic carbocycles. The maximum absolute atomic E-state index is 12.6. The van der Waals surface area contributed by atoms with Gasteiger partial charge in [0.25, 0.3) is 11.6 Å². The number of hydrogen-bond acceptors (Lipinski definition) is 4. The van der Waals surface area contributed by atoms with Crippen LogP contribution in [0.1, 0.15) is 24.2 Å². The second kappa shape index (κ2) is 8.96. The van der Waals surface area contributed by atoms with Gasteiger partial charge in [-0.2, -0.15) is 0 Å². The molecule has 0 spiro atoms. The first-order chi connectivity index (χ1) is 12.7. The molecule has 27 heavy (non-hydrogen) atoms. The molecule has 9 heteroatoms. The summed E-state index contributed by atoms with van der Waals surface area (Å²) in [7, 11) is 0. The minimum absolute atomic E-state index is 0.0585. The minimum Gasteiger partial charge on any atom is -0.340 e. The van der Waals surface area contributed by atoms with E-state index in [1.54, 1.807) is 32.0 Å². The van der Waals surface area contributed by atoms with E-state index < -0.39 is 16.9 Å². The largest absolute Gasteiger partial charge is 0.340 e. The van der Waals surface area contributed by atoms with Crippen LogP contribution in [0, 0.1) is 16.0 Å². The van der Waals surface area contributed by atoms with Gasteiger partial charge in [0.1, 0.15) is 6.04 Å². The Morgan fingerprint density at radius 1 is 1.19 bits per heavy atom. The van der Waals surface area contributed by atoms with Crippen molar-refractivity contribution in [1.82, 2.24) is 5.32 Å². The first kappa shape index (κ1) is 20.9. The van der Waals surface area contributed by atoms with E-state index in [0.717, 1.165) is 10.5 Å². The molecule has 0 aromatic heterocycles. The van der Waals surface area contributed by atoms with Crippen LogP contribution >= 0.6 is 27.5 Å². The third-order valence-corrected chi connectivity index (χ3v) is 4.54. The number of non-ortho nitro benzene ring substituents is 1. The number of nitro benzene ring substituents is 1. The van der Waals surface area contributed by atoms with E-state index in [2.05, 4.69) is 26.6 Å². The van der Waals surface area contributed by atoms with Crippen molar-refractivity contribution in [2.45, 2.75) is 19.9 Å². The van der Waals surface area contributed by atoms with E-state index >= 15 is 0 Å². The molecule has 7 nitrogen and oxygen atoms in total. The highest BCUT2D eigenvalue weighted by molar-refractivity contribution is 9.10. The van der Waals surface area contributed by atoms with Crippen LogP contribution in [-0.4, -0.2) is 22.8 Å². The van der Waals surface area contributed by atoms with Gasteiger partial charge >= 0.3 is 0 Å². The van der Waals surface area contributed by atoms with Gasteiger partial charge < -0.3 is 10.6 Å². The summed E-state index contributed by atoms with van der Waals surface area (Å²) >= 11 is 9.32. The summed E-state index contributed by atoms with van der Waals surface area (Å²) in [4.78, 5) is 35.3. The topological polar surface area (TPSA) is 101 Å². The average Bonchev–Trinajstić information content (AvgIpc) is 2.58. The molecule has 0 bridgehead atoms. The van der Waals surface area contributed by atoms with Gasteiger partial charge in [-0.15, -0.1) is 0 Å². The molecule has 0 saturated heterocycles. The Balaban J connectivity index is 2.16. The molecule has 0 aliphatic rings. The number of benzene rings is 2. The van der Waals surface area contributed by atoms with Crippen molar-refractivity contribution in [1.29, 1.82) is 0 Å². The summed E-state index contributed by atoms with van der Waals surface area (Å²) in [5.74, 6) is -1.16. The van der Waals surface area contributed by atoms with Crippen molar-refractivity contribution >= 4 is 50.7 Å². The second-order valence-corrected chi connectivity index (χ2v) is 7.44. The number of anilines is 1. The Morgan fingerprint density at radius 2 is 1.89 bits per heavy atom.